The lowest BCUT2D eigenvalue weighted by Crippen LogP contribution is -2.35. The maximum Gasteiger partial charge on any atom is 0.256 e. The Bertz CT molecular complexity index is 819. The summed E-state index contributed by atoms with van der Waals surface area (Å²) >= 11 is 0. The maximum atomic E-state index is 12.8. The van der Waals surface area contributed by atoms with Gasteiger partial charge in [0.2, 0.25) is 5.91 Å². The highest BCUT2D eigenvalue weighted by Gasteiger charge is 2.40. The van der Waals surface area contributed by atoms with Crippen LogP contribution in [0.15, 0.2) is 42.5 Å². The first kappa shape index (κ1) is 16.8. The molecule has 1 fully saturated rings. The number of rotatable bonds is 5. The van der Waals surface area contributed by atoms with Gasteiger partial charge in [-0.3, -0.25) is 9.59 Å². The molecule has 1 saturated heterocycles. The number of anilines is 2. The van der Waals surface area contributed by atoms with Crippen molar-refractivity contribution in [2.75, 3.05) is 24.4 Å². The van der Waals surface area contributed by atoms with Crippen molar-refractivity contribution < 1.29 is 19.1 Å². The van der Waals surface area contributed by atoms with Crippen molar-refractivity contribution in [1.82, 2.24) is 0 Å². The number of benzene rings is 2. The van der Waals surface area contributed by atoms with Gasteiger partial charge in [0.05, 0.1) is 26.3 Å². The third-order valence-corrected chi connectivity index (χ3v) is 4.13. The zero-order valence-corrected chi connectivity index (χ0v) is 14.4. The molecule has 1 aliphatic heterocycles. The van der Waals surface area contributed by atoms with E-state index in [1.165, 1.54) is 12.0 Å². The second-order valence-corrected chi connectivity index (χ2v) is 5.88. The summed E-state index contributed by atoms with van der Waals surface area (Å²) in [5.41, 5.74) is 2.32. The lowest BCUT2D eigenvalue weighted by molar-refractivity contribution is -0.121. The van der Waals surface area contributed by atoms with Crippen LogP contribution in [0.25, 0.3) is 0 Å². The molecule has 2 aromatic rings. The third kappa shape index (κ3) is 3.28. The molecule has 2 amide bonds. The normalized spacial score (nSPS) is 16.9. The minimum Gasteiger partial charge on any atom is -0.497 e. The molecule has 6 nitrogen and oxygen atoms in total. The van der Waals surface area contributed by atoms with Gasteiger partial charge >= 0.3 is 0 Å². The molecule has 25 heavy (non-hydrogen) atoms. The monoisotopic (exact) mass is 340 g/mol. The number of carbonyl (C=O) groups is 2. The highest BCUT2D eigenvalue weighted by molar-refractivity contribution is 6.23. The van der Waals surface area contributed by atoms with Gasteiger partial charge in [-0.05, 0) is 36.8 Å². The molecule has 1 N–H and O–H groups in total. The topological polar surface area (TPSA) is 67.9 Å². The molecule has 1 heterocycles. The summed E-state index contributed by atoms with van der Waals surface area (Å²) in [4.78, 5) is 26.4. The minimum atomic E-state index is -0.596. The molecule has 1 atom stereocenters. The Kier molecular flexibility index (Phi) is 4.61. The highest BCUT2D eigenvalue weighted by atomic mass is 16.5. The van der Waals surface area contributed by atoms with Crippen molar-refractivity contribution in [2.45, 2.75) is 19.4 Å². The molecule has 1 unspecified atom stereocenters. The Hall–Kier alpha value is -3.02. The first-order chi connectivity index (χ1) is 12.0. The molecule has 0 bridgehead atoms. The summed E-state index contributed by atoms with van der Waals surface area (Å²) in [5, 5.41) is 3.14. The maximum absolute atomic E-state index is 12.8. The van der Waals surface area contributed by atoms with Gasteiger partial charge in [-0.1, -0.05) is 12.1 Å². The van der Waals surface area contributed by atoms with E-state index < -0.39 is 6.04 Å². The highest BCUT2D eigenvalue weighted by Crippen LogP contribution is 2.35. The summed E-state index contributed by atoms with van der Waals surface area (Å²) in [6, 6.07) is 12.1. The number of nitrogens with zero attached hydrogens (tertiary/aromatic N) is 1. The third-order valence-electron chi connectivity index (χ3n) is 4.13. The van der Waals surface area contributed by atoms with E-state index >= 15 is 0 Å². The molecular weight excluding hydrogens is 320 g/mol. The van der Waals surface area contributed by atoms with E-state index in [1.54, 1.807) is 25.3 Å². The molecule has 0 radical (unpaired) electrons. The van der Waals surface area contributed by atoms with Crippen LogP contribution in [0.4, 0.5) is 11.4 Å². The average molecular weight is 340 g/mol. The molecule has 6 heteroatoms. The fraction of sp³-hybridized carbons (Fsp3) is 0.263. The van der Waals surface area contributed by atoms with E-state index in [9.17, 15) is 9.59 Å². The standard InChI is InChI=1S/C19H20N2O4/c1-12-5-4-6-13(9-12)20-15-11-18(22)21(19(15)23)16-8-7-14(24-2)10-17(16)25-3/h4-10,15,20H,11H2,1-3H3. The van der Waals surface area contributed by atoms with Gasteiger partial charge in [-0.15, -0.1) is 0 Å². The predicted octanol–water partition coefficient (Wildman–Crippen LogP) is 2.76. The van der Waals surface area contributed by atoms with Gasteiger partial charge in [0.25, 0.3) is 5.91 Å². The summed E-state index contributed by atoms with van der Waals surface area (Å²) in [7, 11) is 3.04. The predicted molar refractivity (Wildman–Crippen MR) is 95.2 cm³/mol. The Morgan fingerprint density at radius 3 is 2.56 bits per heavy atom. The molecule has 0 aromatic heterocycles. The number of hydrogen-bond acceptors (Lipinski definition) is 5. The summed E-state index contributed by atoms with van der Waals surface area (Å²) in [6.07, 6.45) is 0.0992. The fourth-order valence-electron chi connectivity index (χ4n) is 2.90. The molecule has 0 saturated carbocycles. The van der Waals surface area contributed by atoms with Gasteiger partial charge in [-0.2, -0.15) is 0 Å². The van der Waals surface area contributed by atoms with Crippen LogP contribution in [0.5, 0.6) is 11.5 Å². The summed E-state index contributed by atoms with van der Waals surface area (Å²) < 4.78 is 10.5. The van der Waals surface area contributed by atoms with Gasteiger partial charge in [0.1, 0.15) is 17.5 Å². The number of nitrogens with one attached hydrogen (secondary N) is 1. The van der Waals surface area contributed by atoms with E-state index in [1.807, 2.05) is 31.2 Å². The smallest absolute Gasteiger partial charge is 0.256 e. The van der Waals surface area contributed by atoms with Crippen molar-refractivity contribution in [3.63, 3.8) is 0 Å². The van der Waals surface area contributed by atoms with Crippen molar-refractivity contribution in [3.8, 4) is 11.5 Å². The van der Waals surface area contributed by atoms with Gasteiger partial charge in [0.15, 0.2) is 0 Å². The molecular formula is C19H20N2O4. The number of aryl methyl sites for hydroxylation is 1. The molecule has 130 valence electrons. The van der Waals surface area contributed by atoms with Crippen LogP contribution < -0.4 is 19.7 Å². The van der Waals surface area contributed by atoms with Crippen LogP contribution in [0.3, 0.4) is 0 Å². The fourth-order valence-corrected chi connectivity index (χ4v) is 2.90. The van der Waals surface area contributed by atoms with E-state index in [4.69, 9.17) is 9.47 Å². The van der Waals surface area contributed by atoms with Gasteiger partial charge in [0, 0.05) is 11.8 Å². The van der Waals surface area contributed by atoms with Gasteiger partial charge < -0.3 is 14.8 Å². The number of carbonyl (C=O) groups excluding carboxylic acids is 2. The summed E-state index contributed by atoms with van der Waals surface area (Å²) in [6.45, 7) is 1.97. The molecule has 3 rings (SSSR count). The number of amides is 2. The van der Waals surface area contributed by atoms with Gasteiger partial charge in [-0.25, -0.2) is 4.90 Å². The lowest BCUT2D eigenvalue weighted by atomic mass is 10.2. The van der Waals surface area contributed by atoms with Crippen molar-refractivity contribution in [3.05, 3.63) is 48.0 Å². The largest absolute Gasteiger partial charge is 0.497 e. The van der Waals surface area contributed by atoms with Crippen LogP contribution in [0.2, 0.25) is 0 Å². The van der Waals surface area contributed by atoms with Crippen LogP contribution in [0, 0.1) is 6.92 Å². The van der Waals surface area contributed by atoms with Crippen LogP contribution in [0.1, 0.15) is 12.0 Å². The molecule has 0 aliphatic carbocycles. The number of imide groups is 1. The Balaban J connectivity index is 1.86. The second kappa shape index (κ2) is 6.84. The van der Waals surface area contributed by atoms with Crippen LogP contribution >= 0.6 is 0 Å². The minimum absolute atomic E-state index is 0.0992. The first-order valence-electron chi connectivity index (χ1n) is 7.95. The molecule has 1 aliphatic rings. The average Bonchev–Trinajstić information content (AvgIpc) is 2.88. The Morgan fingerprint density at radius 2 is 1.88 bits per heavy atom. The Morgan fingerprint density at radius 1 is 1.08 bits per heavy atom. The zero-order valence-electron chi connectivity index (χ0n) is 14.4. The number of hydrogen-bond donors (Lipinski definition) is 1. The quantitative estimate of drug-likeness (QED) is 0.848. The summed E-state index contributed by atoms with van der Waals surface area (Å²) in [5.74, 6) is 0.444. The first-order valence-corrected chi connectivity index (χ1v) is 7.95. The van der Waals surface area contributed by atoms with E-state index in [2.05, 4.69) is 5.32 Å². The Labute approximate surface area is 146 Å². The number of ether oxygens (including phenoxy) is 2. The zero-order chi connectivity index (χ0) is 18.0. The lowest BCUT2D eigenvalue weighted by Gasteiger charge is -2.19. The molecule has 0 spiro atoms. The van der Waals surface area contributed by atoms with E-state index in [-0.39, 0.29) is 18.2 Å². The molecule has 2 aromatic carbocycles. The van der Waals surface area contributed by atoms with E-state index in [0.29, 0.717) is 17.2 Å². The number of methoxy groups -OCH3 is 2. The second-order valence-electron chi connectivity index (χ2n) is 5.88. The van der Waals surface area contributed by atoms with E-state index in [0.717, 1.165) is 11.3 Å². The SMILES string of the molecule is COc1ccc(N2C(=O)CC(Nc3cccc(C)c3)C2=O)c(OC)c1. The van der Waals surface area contributed by atoms with Crippen molar-refractivity contribution >= 4 is 23.2 Å². The van der Waals surface area contributed by atoms with Crippen molar-refractivity contribution in [1.29, 1.82) is 0 Å². The van der Waals surface area contributed by atoms with Crippen molar-refractivity contribution in [2.24, 2.45) is 0 Å². The van der Waals surface area contributed by atoms with Crippen LogP contribution in [-0.4, -0.2) is 32.1 Å². The van der Waals surface area contributed by atoms with Crippen LogP contribution in [-0.2, 0) is 9.59 Å².